The summed E-state index contributed by atoms with van der Waals surface area (Å²) in [4.78, 5) is 2.50. The fraction of sp³-hybridized carbons (Fsp3) is 1.00. The fourth-order valence-corrected chi connectivity index (χ4v) is 2.67. The normalized spacial score (nSPS) is 26.8. The highest BCUT2D eigenvalue weighted by molar-refractivity contribution is 4.91. The summed E-state index contributed by atoms with van der Waals surface area (Å²) >= 11 is 0. The first-order chi connectivity index (χ1) is 6.76. The number of nitrogens with zero attached hydrogens (tertiary/aromatic N) is 1. The molecular formula is C11H22N2O. The maximum absolute atomic E-state index is 5.81. The molecule has 0 aromatic heterocycles. The maximum atomic E-state index is 5.81. The monoisotopic (exact) mass is 198 g/mol. The number of ether oxygens (including phenoxy) is 1. The van der Waals surface area contributed by atoms with Gasteiger partial charge in [-0.15, -0.1) is 0 Å². The van der Waals surface area contributed by atoms with E-state index in [9.17, 15) is 0 Å². The average molecular weight is 198 g/mol. The largest absolute Gasteiger partial charge is 0.380 e. The van der Waals surface area contributed by atoms with Crippen LogP contribution in [0.15, 0.2) is 0 Å². The average Bonchev–Trinajstić information content (AvgIpc) is 2.63. The van der Waals surface area contributed by atoms with Gasteiger partial charge in [0.15, 0.2) is 0 Å². The Bertz CT molecular complexity index is 180. The Morgan fingerprint density at radius 3 is 2.43 bits per heavy atom. The van der Waals surface area contributed by atoms with Gasteiger partial charge in [-0.2, -0.15) is 0 Å². The molecule has 0 aromatic rings. The van der Waals surface area contributed by atoms with E-state index in [1.165, 1.54) is 25.7 Å². The summed E-state index contributed by atoms with van der Waals surface area (Å²) in [5.74, 6) is 0. The molecule has 14 heavy (non-hydrogen) atoms. The first-order valence-electron chi connectivity index (χ1n) is 5.74. The predicted molar refractivity (Wildman–Crippen MR) is 57.2 cm³/mol. The number of rotatable bonds is 4. The van der Waals surface area contributed by atoms with E-state index >= 15 is 0 Å². The molecule has 1 saturated heterocycles. The number of nitrogens with two attached hydrogens (primary N) is 1. The molecule has 0 bridgehead atoms. The van der Waals surface area contributed by atoms with Gasteiger partial charge in [0.2, 0.25) is 0 Å². The second-order valence-electron chi connectivity index (χ2n) is 5.05. The summed E-state index contributed by atoms with van der Waals surface area (Å²) < 4.78 is 5.29. The lowest BCUT2D eigenvalue weighted by molar-refractivity contribution is -0.121. The second-order valence-corrected chi connectivity index (χ2v) is 5.05. The van der Waals surface area contributed by atoms with Crippen molar-refractivity contribution in [2.45, 2.75) is 31.7 Å². The van der Waals surface area contributed by atoms with Crippen molar-refractivity contribution in [1.82, 2.24) is 4.90 Å². The molecule has 1 heterocycles. The molecule has 2 N–H and O–H groups in total. The van der Waals surface area contributed by atoms with Crippen molar-refractivity contribution in [2.24, 2.45) is 11.1 Å². The molecule has 0 amide bonds. The third-order valence-corrected chi connectivity index (χ3v) is 3.78. The van der Waals surface area contributed by atoms with Crippen LogP contribution in [-0.2, 0) is 4.74 Å². The van der Waals surface area contributed by atoms with Crippen LogP contribution in [0.5, 0.6) is 0 Å². The number of hydrogen-bond donors (Lipinski definition) is 1. The van der Waals surface area contributed by atoms with Gasteiger partial charge in [0.1, 0.15) is 0 Å². The van der Waals surface area contributed by atoms with Crippen molar-refractivity contribution in [3.05, 3.63) is 0 Å². The van der Waals surface area contributed by atoms with Gasteiger partial charge >= 0.3 is 0 Å². The Kier molecular flexibility index (Phi) is 3.10. The lowest BCUT2D eigenvalue weighted by atomic mass is 9.85. The van der Waals surface area contributed by atoms with Crippen molar-refractivity contribution in [3.8, 4) is 0 Å². The Hall–Kier alpha value is -0.120. The molecule has 2 aliphatic rings. The lowest BCUT2D eigenvalue weighted by Gasteiger charge is -2.44. The third kappa shape index (κ3) is 1.95. The first-order valence-corrected chi connectivity index (χ1v) is 5.74. The molecule has 2 rings (SSSR count). The molecule has 0 aromatic carbocycles. The highest BCUT2D eigenvalue weighted by Gasteiger charge is 2.39. The van der Waals surface area contributed by atoms with Crippen LogP contribution in [0.3, 0.4) is 0 Å². The standard InChI is InChI=1S/C11H22N2O/c1-13(10-4-2-3-5-10)7-11(6-12)8-14-9-11/h10H,2-9,12H2,1H3. The van der Waals surface area contributed by atoms with E-state index in [-0.39, 0.29) is 5.41 Å². The van der Waals surface area contributed by atoms with Gasteiger partial charge in [-0.25, -0.2) is 0 Å². The molecule has 3 nitrogen and oxygen atoms in total. The Labute approximate surface area is 86.6 Å². The molecule has 3 heteroatoms. The lowest BCUT2D eigenvalue weighted by Crippen LogP contribution is -2.55. The van der Waals surface area contributed by atoms with Gasteiger partial charge in [-0.05, 0) is 19.9 Å². The summed E-state index contributed by atoms with van der Waals surface area (Å²) in [5, 5.41) is 0. The van der Waals surface area contributed by atoms with Crippen LogP contribution in [-0.4, -0.2) is 44.3 Å². The molecule has 0 spiro atoms. The van der Waals surface area contributed by atoms with Gasteiger partial charge in [0, 0.05) is 24.5 Å². The van der Waals surface area contributed by atoms with E-state index in [0.29, 0.717) is 0 Å². The summed E-state index contributed by atoms with van der Waals surface area (Å²) in [7, 11) is 2.24. The van der Waals surface area contributed by atoms with Crippen LogP contribution in [0.1, 0.15) is 25.7 Å². The molecule has 82 valence electrons. The molecule has 1 aliphatic heterocycles. The van der Waals surface area contributed by atoms with E-state index < -0.39 is 0 Å². The third-order valence-electron chi connectivity index (χ3n) is 3.78. The van der Waals surface area contributed by atoms with E-state index in [1.807, 2.05) is 0 Å². The molecule has 0 atom stereocenters. The molecule has 2 fully saturated rings. The van der Waals surface area contributed by atoms with E-state index in [2.05, 4.69) is 11.9 Å². The SMILES string of the molecule is CN(CC1(CN)COC1)C1CCCC1. The second kappa shape index (κ2) is 4.17. The van der Waals surface area contributed by atoms with Crippen molar-refractivity contribution >= 4 is 0 Å². The van der Waals surface area contributed by atoms with Gasteiger partial charge in [-0.3, -0.25) is 0 Å². The predicted octanol–water partition coefficient (Wildman–Crippen LogP) is 0.836. The molecular weight excluding hydrogens is 176 g/mol. The molecule has 0 radical (unpaired) electrons. The van der Waals surface area contributed by atoms with E-state index in [0.717, 1.165) is 32.3 Å². The molecule has 1 saturated carbocycles. The van der Waals surface area contributed by atoms with Crippen LogP contribution in [0.25, 0.3) is 0 Å². The van der Waals surface area contributed by atoms with Gasteiger partial charge in [0.25, 0.3) is 0 Å². The molecule has 1 aliphatic carbocycles. The van der Waals surface area contributed by atoms with Gasteiger partial charge < -0.3 is 15.4 Å². The minimum absolute atomic E-state index is 0.275. The summed E-state index contributed by atoms with van der Waals surface area (Å²) in [5.41, 5.74) is 6.08. The highest BCUT2D eigenvalue weighted by Crippen LogP contribution is 2.30. The summed E-state index contributed by atoms with van der Waals surface area (Å²) in [6, 6.07) is 0.805. The Morgan fingerprint density at radius 1 is 1.36 bits per heavy atom. The van der Waals surface area contributed by atoms with Crippen molar-refractivity contribution in [2.75, 3.05) is 33.4 Å². The Balaban J connectivity index is 1.83. The zero-order valence-corrected chi connectivity index (χ0v) is 9.17. The minimum Gasteiger partial charge on any atom is -0.380 e. The van der Waals surface area contributed by atoms with Crippen molar-refractivity contribution < 1.29 is 4.74 Å². The Morgan fingerprint density at radius 2 is 2.00 bits per heavy atom. The van der Waals surface area contributed by atoms with Crippen LogP contribution in [0.2, 0.25) is 0 Å². The van der Waals surface area contributed by atoms with Crippen molar-refractivity contribution in [1.29, 1.82) is 0 Å². The quantitative estimate of drug-likeness (QED) is 0.727. The van der Waals surface area contributed by atoms with Crippen LogP contribution in [0, 0.1) is 5.41 Å². The minimum atomic E-state index is 0.275. The highest BCUT2D eigenvalue weighted by atomic mass is 16.5. The smallest absolute Gasteiger partial charge is 0.0569 e. The zero-order chi connectivity index (χ0) is 10.0. The van der Waals surface area contributed by atoms with Crippen LogP contribution in [0.4, 0.5) is 0 Å². The fourth-order valence-electron chi connectivity index (χ4n) is 2.67. The van der Waals surface area contributed by atoms with E-state index in [4.69, 9.17) is 10.5 Å². The van der Waals surface area contributed by atoms with Crippen LogP contribution < -0.4 is 5.73 Å². The van der Waals surface area contributed by atoms with Crippen LogP contribution >= 0.6 is 0 Å². The summed E-state index contributed by atoms with van der Waals surface area (Å²) in [6.07, 6.45) is 5.55. The molecule has 0 unspecified atom stereocenters. The zero-order valence-electron chi connectivity index (χ0n) is 9.17. The van der Waals surface area contributed by atoms with E-state index in [1.54, 1.807) is 0 Å². The topological polar surface area (TPSA) is 38.5 Å². The summed E-state index contributed by atoms with van der Waals surface area (Å²) in [6.45, 7) is 3.61. The van der Waals surface area contributed by atoms with Gasteiger partial charge in [0.05, 0.1) is 13.2 Å². The van der Waals surface area contributed by atoms with Crippen molar-refractivity contribution in [3.63, 3.8) is 0 Å². The van der Waals surface area contributed by atoms with Gasteiger partial charge in [-0.1, -0.05) is 12.8 Å². The first kappa shape index (κ1) is 10.4. The maximum Gasteiger partial charge on any atom is 0.0569 e. The number of hydrogen-bond acceptors (Lipinski definition) is 3.